The van der Waals surface area contributed by atoms with Gasteiger partial charge in [-0.1, -0.05) is 13.0 Å². The number of halogens is 2. The molecule has 0 atom stereocenters. The van der Waals surface area contributed by atoms with E-state index in [1.54, 1.807) is 4.90 Å². The predicted octanol–water partition coefficient (Wildman–Crippen LogP) is 2.82. The summed E-state index contributed by atoms with van der Waals surface area (Å²) >= 11 is 0. The van der Waals surface area contributed by atoms with Crippen molar-refractivity contribution in [1.82, 2.24) is 10.2 Å². The van der Waals surface area contributed by atoms with Gasteiger partial charge in [-0.3, -0.25) is 4.79 Å². The molecule has 1 saturated heterocycles. The molecule has 0 saturated carbocycles. The van der Waals surface area contributed by atoms with Crippen molar-refractivity contribution in [2.75, 3.05) is 26.2 Å². The minimum absolute atomic E-state index is 0.400. The summed E-state index contributed by atoms with van der Waals surface area (Å²) < 4.78 is 27.6. The summed E-state index contributed by atoms with van der Waals surface area (Å²) in [6.45, 7) is 4.93. The highest BCUT2D eigenvalue weighted by atomic mass is 19.1. The quantitative estimate of drug-likeness (QED) is 0.906. The molecule has 3 nitrogen and oxygen atoms in total. The Morgan fingerprint density at radius 1 is 1.29 bits per heavy atom. The molecule has 1 amide bonds. The van der Waals surface area contributed by atoms with Gasteiger partial charge in [-0.15, -0.1) is 0 Å². The second kappa shape index (κ2) is 7.50. The van der Waals surface area contributed by atoms with Gasteiger partial charge in [0.25, 0.3) is 5.91 Å². The van der Waals surface area contributed by atoms with E-state index in [0.29, 0.717) is 19.0 Å². The maximum Gasteiger partial charge on any atom is 0.259 e. The molecule has 2 rings (SSSR count). The van der Waals surface area contributed by atoms with Crippen LogP contribution in [0.15, 0.2) is 18.2 Å². The first-order valence-electron chi connectivity index (χ1n) is 7.57. The molecule has 0 radical (unpaired) electrons. The smallest absolute Gasteiger partial charge is 0.259 e. The molecule has 0 aliphatic carbocycles. The zero-order valence-corrected chi connectivity index (χ0v) is 12.4. The largest absolute Gasteiger partial charge is 0.338 e. The molecule has 0 bridgehead atoms. The fourth-order valence-electron chi connectivity index (χ4n) is 2.78. The van der Waals surface area contributed by atoms with Crippen molar-refractivity contribution in [1.29, 1.82) is 0 Å². The van der Waals surface area contributed by atoms with Gasteiger partial charge in [-0.25, -0.2) is 8.78 Å². The maximum atomic E-state index is 13.8. The number of benzene rings is 1. The highest BCUT2D eigenvalue weighted by Gasteiger charge is 2.25. The molecule has 21 heavy (non-hydrogen) atoms. The van der Waals surface area contributed by atoms with Crippen molar-refractivity contribution >= 4 is 5.91 Å². The molecule has 0 unspecified atom stereocenters. The lowest BCUT2D eigenvalue weighted by Crippen LogP contribution is -2.40. The summed E-state index contributed by atoms with van der Waals surface area (Å²) in [6, 6.07) is 3.54. The third kappa shape index (κ3) is 4.00. The van der Waals surface area contributed by atoms with Gasteiger partial charge >= 0.3 is 0 Å². The summed E-state index contributed by atoms with van der Waals surface area (Å²) in [5, 5.41) is 3.28. The average molecular weight is 296 g/mol. The Morgan fingerprint density at radius 3 is 2.48 bits per heavy atom. The molecule has 1 aromatic carbocycles. The maximum absolute atomic E-state index is 13.8. The lowest BCUT2D eigenvalue weighted by atomic mass is 9.97. The molecular formula is C16H22F2N2O. The summed E-state index contributed by atoms with van der Waals surface area (Å²) in [7, 11) is 0. The van der Waals surface area contributed by atoms with Gasteiger partial charge < -0.3 is 10.2 Å². The van der Waals surface area contributed by atoms with Crippen LogP contribution in [-0.4, -0.2) is 37.0 Å². The minimum atomic E-state index is -0.786. The van der Waals surface area contributed by atoms with Gasteiger partial charge in [0.05, 0.1) is 0 Å². The third-order valence-corrected chi connectivity index (χ3v) is 3.89. The number of nitrogens with one attached hydrogen (secondary N) is 1. The molecule has 0 spiro atoms. The van der Waals surface area contributed by atoms with E-state index in [0.717, 1.165) is 44.5 Å². The molecule has 1 aromatic rings. The molecule has 1 heterocycles. The van der Waals surface area contributed by atoms with Crippen LogP contribution in [0, 0.1) is 17.6 Å². The van der Waals surface area contributed by atoms with Crippen LogP contribution >= 0.6 is 0 Å². The van der Waals surface area contributed by atoms with E-state index in [1.165, 1.54) is 6.07 Å². The van der Waals surface area contributed by atoms with Crippen LogP contribution in [0.2, 0.25) is 0 Å². The van der Waals surface area contributed by atoms with Gasteiger partial charge in [0, 0.05) is 13.1 Å². The normalized spacial score (nSPS) is 16.0. The zero-order valence-electron chi connectivity index (χ0n) is 12.4. The second-order valence-corrected chi connectivity index (χ2v) is 5.54. The van der Waals surface area contributed by atoms with Crippen LogP contribution in [0.4, 0.5) is 8.78 Å². The van der Waals surface area contributed by atoms with E-state index in [2.05, 4.69) is 5.32 Å². The SMILES string of the molecule is CCCN(CC1CCNCC1)C(=O)c1c(F)cccc1F. The van der Waals surface area contributed by atoms with Crippen LogP contribution in [0.1, 0.15) is 36.5 Å². The third-order valence-electron chi connectivity index (χ3n) is 3.89. The zero-order chi connectivity index (χ0) is 15.2. The number of rotatable bonds is 5. The fourth-order valence-corrected chi connectivity index (χ4v) is 2.78. The molecule has 1 fully saturated rings. The van der Waals surface area contributed by atoms with Gasteiger partial charge in [-0.05, 0) is 50.4 Å². The molecular weight excluding hydrogens is 274 g/mol. The number of nitrogens with zero attached hydrogens (tertiary/aromatic N) is 1. The summed E-state index contributed by atoms with van der Waals surface area (Å²) in [4.78, 5) is 14.1. The Morgan fingerprint density at radius 2 is 1.90 bits per heavy atom. The first-order valence-corrected chi connectivity index (χ1v) is 7.57. The molecule has 5 heteroatoms. The van der Waals surface area contributed by atoms with E-state index in [1.807, 2.05) is 6.92 Å². The Hall–Kier alpha value is -1.49. The monoisotopic (exact) mass is 296 g/mol. The number of carbonyl (C=O) groups excluding carboxylic acids is 1. The predicted molar refractivity (Wildman–Crippen MR) is 78.1 cm³/mol. The van der Waals surface area contributed by atoms with E-state index < -0.39 is 23.1 Å². The van der Waals surface area contributed by atoms with Gasteiger partial charge in [0.15, 0.2) is 0 Å². The van der Waals surface area contributed by atoms with Crippen molar-refractivity contribution < 1.29 is 13.6 Å². The van der Waals surface area contributed by atoms with Crippen molar-refractivity contribution in [2.24, 2.45) is 5.92 Å². The Bertz CT molecular complexity index is 467. The highest BCUT2D eigenvalue weighted by molar-refractivity contribution is 5.94. The first kappa shape index (κ1) is 15.9. The van der Waals surface area contributed by atoms with Crippen molar-refractivity contribution in [2.45, 2.75) is 26.2 Å². The number of piperidine rings is 1. The van der Waals surface area contributed by atoms with Crippen LogP contribution in [-0.2, 0) is 0 Å². The fraction of sp³-hybridized carbons (Fsp3) is 0.562. The Kier molecular flexibility index (Phi) is 5.67. The van der Waals surface area contributed by atoms with Gasteiger partial charge in [0.1, 0.15) is 17.2 Å². The topological polar surface area (TPSA) is 32.3 Å². The number of carbonyl (C=O) groups is 1. The van der Waals surface area contributed by atoms with Crippen molar-refractivity contribution in [3.63, 3.8) is 0 Å². The van der Waals surface area contributed by atoms with Crippen LogP contribution in [0.5, 0.6) is 0 Å². The van der Waals surface area contributed by atoms with Crippen molar-refractivity contribution in [3.8, 4) is 0 Å². The second-order valence-electron chi connectivity index (χ2n) is 5.54. The summed E-state index contributed by atoms with van der Waals surface area (Å²) in [6.07, 6.45) is 2.76. The van der Waals surface area contributed by atoms with Crippen LogP contribution in [0.25, 0.3) is 0 Å². The van der Waals surface area contributed by atoms with Gasteiger partial charge in [0.2, 0.25) is 0 Å². The summed E-state index contributed by atoms with van der Waals surface area (Å²) in [5.74, 6) is -1.71. The molecule has 1 aliphatic rings. The Labute approximate surface area is 124 Å². The molecule has 1 aliphatic heterocycles. The molecule has 0 aromatic heterocycles. The van der Waals surface area contributed by atoms with E-state index in [9.17, 15) is 13.6 Å². The number of amides is 1. The van der Waals surface area contributed by atoms with E-state index >= 15 is 0 Å². The molecule has 1 N–H and O–H groups in total. The lowest BCUT2D eigenvalue weighted by Gasteiger charge is -2.30. The number of hydrogen-bond donors (Lipinski definition) is 1. The number of hydrogen-bond acceptors (Lipinski definition) is 2. The molecule has 116 valence electrons. The van der Waals surface area contributed by atoms with E-state index in [-0.39, 0.29) is 0 Å². The highest BCUT2D eigenvalue weighted by Crippen LogP contribution is 2.19. The first-order chi connectivity index (χ1) is 10.1. The van der Waals surface area contributed by atoms with Crippen LogP contribution < -0.4 is 5.32 Å². The van der Waals surface area contributed by atoms with Gasteiger partial charge in [-0.2, -0.15) is 0 Å². The average Bonchev–Trinajstić information content (AvgIpc) is 2.47. The van der Waals surface area contributed by atoms with E-state index in [4.69, 9.17) is 0 Å². The summed E-state index contributed by atoms with van der Waals surface area (Å²) in [5.41, 5.74) is -0.431. The Balaban J connectivity index is 2.14. The minimum Gasteiger partial charge on any atom is -0.338 e. The standard InChI is InChI=1S/C16H22F2N2O/c1-2-10-20(11-12-6-8-19-9-7-12)16(21)15-13(17)4-3-5-14(15)18/h3-5,12,19H,2,6-11H2,1H3. The van der Waals surface area contributed by atoms with Crippen molar-refractivity contribution in [3.05, 3.63) is 35.4 Å². The lowest BCUT2D eigenvalue weighted by molar-refractivity contribution is 0.0706. The van der Waals surface area contributed by atoms with Crippen LogP contribution in [0.3, 0.4) is 0 Å².